The van der Waals surface area contributed by atoms with Gasteiger partial charge in [0.05, 0.1) is 12.4 Å². The summed E-state index contributed by atoms with van der Waals surface area (Å²) in [4.78, 5) is 131. The topological polar surface area (TPSA) is 352 Å². The second-order valence-electron chi connectivity index (χ2n) is 18.6. The highest BCUT2D eigenvalue weighted by atomic mass is 32.1. The standard InChI is InChI=1S/C47H67N13O9S/c1-25(2)38(58-41(64)26(3)55-43(66)33(56-42(65)31(48)14-15-36(49)61)19-27-22-53-32-13-9-8-12-30(27)32)46(69)52-17-16-37(62)60(7)35(20-28-23-51-24-54-28)45(68)57-34(21-29-11-10-18-70-29)44(67)59-39(40(50)63)47(4,5)6/h8-13,18,22-26,31,33-35,38-39,53H,14-17,19-21,48H2,1-7H3,(H2,49,61)(H2,50,63)(H,51,54)(H,52,69)(H,55,66)(H,56,65)(H,57,68)(H,58,64)(H,59,67)/t26-,31-,33-,34-,35-,38-,39?/m0/s1. The fourth-order valence-corrected chi connectivity index (χ4v) is 8.21. The summed E-state index contributed by atoms with van der Waals surface area (Å²) in [6.45, 7) is 9.85. The quantitative estimate of drug-likeness (QED) is 0.0382. The van der Waals surface area contributed by atoms with Crippen molar-refractivity contribution in [3.8, 4) is 0 Å². The number of primary amides is 2. The molecule has 22 nitrogen and oxygen atoms in total. The van der Waals surface area contributed by atoms with E-state index in [1.54, 1.807) is 52.9 Å². The SMILES string of the molecule is CC(C)[C@H](NC(=O)[C@H](C)NC(=O)[C@H](Cc1c[nH]c2ccccc12)NC(=O)[C@@H](N)CCC(N)=O)C(=O)NCCC(=O)N(C)[C@@H](Cc1cnc[nH]1)C(=O)N[C@@H](Cc1cccs1)C(=O)NC(C(N)=O)C(C)(C)C. The number of rotatable bonds is 26. The van der Waals surface area contributed by atoms with Gasteiger partial charge in [-0.25, -0.2) is 4.98 Å². The van der Waals surface area contributed by atoms with Crippen molar-refractivity contribution < 1.29 is 43.2 Å². The highest BCUT2D eigenvalue weighted by Gasteiger charge is 2.36. The van der Waals surface area contributed by atoms with E-state index in [9.17, 15) is 43.2 Å². The van der Waals surface area contributed by atoms with Crippen LogP contribution in [0.5, 0.6) is 0 Å². The lowest BCUT2D eigenvalue weighted by atomic mass is 9.86. The van der Waals surface area contributed by atoms with Crippen LogP contribution in [0.25, 0.3) is 10.9 Å². The van der Waals surface area contributed by atoms with E-state index in [-0.39, 0.29) is 45.1 Å². The molecule has 380 valence electrons. The largest absolute Gasteiger partial charge is 0.370 e. The van der Waals surface area contributed by atoms with Crippen LogP contribution in [0.2, 0.25) is 0 Å². The number of nitrogens with zero attached hydrogens (tertiary/aromatic N) is 2. The summed E-state index contributed by atoms with van der Waals surface area (Å²) in [7, 11) is 1.42. The predicted molar refractivity (Wildman–Crippen MR) is 262 cm³/mol. The van der Waals surface area contributed by atoms with Crippen molar-refractivity contribution in [2.45, 2.75) is 122 Å². The van der Waals surface area contributed by atoms with E-state index in [1.165, 1.54) is 42.7 Å². The van der Waals surface area contributed by atoms with E-state index in [0.717, 1.165) is 15.8 Å². The van der Waals surface area contributed by atoms with Gasteiger partial charge in [-0.15, -0.1) is 11.3 Å². The second-order valence-corrected chi connectivity index (χ2v) is 19.6. The Labute approximate surface area is 410 Å². The Balaban J connectivity index is 1.40. The lowest BCUT2D eigenvalue weighted by Crippen LogP contribution is -2.59. The van der Waals surface area contributed by atoms with Crippen molar-refractivity contribution in [3.05, 3.63) is 76.6 Å². The molecule has 0 aliphatic heterocycles. The van der Waals surface area contributed by atoms with Crippen LogP contribution >= 0.6 is 11.3 Å². The average Bonchev–Trinajstić information content (AvgIpc) is 4.10. The Bertz CT molecular complexity index is 2450. The maximum atomic E-state index is 14.1. The number of benzene rings is 1. The van der Waals surface area contributed by atoms with Gasteiger partial charge in [0, 0.05) is 79.6 Å². The molecule has 0 bridgehead atoms. The number of para-hydroxylation sites is 1. The van der Waals surface area contributed by atoms with Gasteiger partial charge in [-0.05, 0) is 47.8 Å². The lowest BCUT2D eigenvalue weighted by Gasteiger charge is -2.32. The van der Waals surface area contributed by atoms with Crippen LogP contribution in [0.4, 0.5) is 0 Å². The third kappa shape index (κ3) is 16.2. The third-order valence-electron chi connectivity index (χ3n) is 11.6. The summed E-state index contributed by atoms with van der Waals surface area (Å²) < 4.78 is 0. The number of nitrogens with two attached hydrogens (primary N) is 3. The van der Waals surface area contributed by atoms with E-state index in [0.29, 0.717) is 11.3 Å². The zero-order chi connectivity index (χ0) is 51.9. The molecule has 0 saturated heterocycles. The number of nitrogens with one attached hydrogen (secondary N) is 8. The van der Waals surface area contributed by atoms with E-state index in [2.05, 4.69) is 46.9 Å². The van der Waals surface area contributed by atoms with Crippen LogP contribution in [0, 0.1) is 11.3 Å². The summed E-state index contributed by atoms with van der Waals surface area (Å²) in [6.07, 6.45) is 4.25. The first-order valence-electron chi connectivity index (χ1n) is 22.9. The molecular formula is C47H67N13O9S. The number of hydrogen-bond donors (Lipinski definition) is 11. The number of fused-ring (bicyclic) bond motifs is 1. The van der Waals surface area contributed by atoms with E-state index >= 15 is 0 Å². The molecule has 3 heterocycles. The van der Waals surface area contributed by atoms with Crippen LogP contribution in [0.15, 0.2) is 60.5 Å². The summed E-state index contributed by atoms with van der Waals surface area (Å²) in [5.74, 6) is -6.44. The number of aromatic nitrogens is 3. The summed E-state index contributed by atoms with van der Waals surface area (Å²) >= 11 is 1.37. The molecule has 1 unspecified atom stereocenters. The number of hydrogen-bond acceptors (Lipinski definition) is 12. The van der Waals surface area contributed by atoms with Crippen molar-refractivity contribution in [2.24, 2.45) is 28.5 Å². The zero-order valence-electron chi connectivity index (χ0n) is 40.6. The van der Waals surface area contributed by atoms with Gasteiger partial charge in [0.2, 0.25) is 53.2 Å². The molecule has 0 radical (unpaired) electrons. The molecular weight excluding hydrogens is 923 g/mol. The monoisotopic (exact) mass is 989 g/mol. The van der Waals surface area contributed by atoms with Crippen molar-refractivity contribution in [2.75, 3.05) is 13.6 Å². The third-order valence-corrected chi connectivity index (χ3v) is 12.5. The Kier molecular flexibility index (Phi) is 20.2. The summed E-state index contributed by atoms with van der Waals surface area (Å²) in [5, 5.41) is 18.7. The number of likely N-dealkylation sites (N-methyl/N-ethyl adjacent to an activating group) is 1. The van der Waals surface area contributed by atoms with Gasteiger partial charge in [-0.3, -0.25) is 43.2 Å². The zero-order valence-corrected chi connectivity index (χ0v) is 41.4. The molecule has 23 heteroatoms. The Morgan fingerprint density at radius 1 is 0.757 bits per heavy atom. The first-order chi connectivity index (χ1) is 33.0. The second kappa shape index (κ2) is 25.5. The van der Waals surface area contributed by atoms with Gasteiger partial charge in [0.25, 0.3) is 0 Å². The number of thiophene rings is 1. The predicted octanol–water partition coefficient (Wildman–Crippen LogP) is -0.462. The minimum absolute atomic E-state index is 0.0156. The first kappa shape index (κ1) is 55.5. The van der Waals surface area contributed by atoms with E-state index < -0.39 is 107 Å². The number of amides is 9. The molecule has 0 spiro atoms. The van der Waals surface area contributed by atoms with Crippen LogP contribution in [-0.2, 0) is 62.4 Å². The smallest absolute Gasteiger partial charge is 0.243 e. The maximum absolute atomic E-state index is 14.1. The molecule has 3 aromatic heterocycles. The van der Waals surface area contributed by atoms with Crippen molar-refractivity contribution in [3.63, 3.8) is 0 Å². The maximum Gasteiger partial charge on any atom is 0.243 e. The van der Waals surface area contributed by atoms with Crippen molar-refractivity contribution in [1.82, 2.24) is 51.8 Å². The van der Waals surface area contributed by atoms with Crippen molar-refractivity contribution >= 4 is 75.4 Å². The molecule has 4 aromatic rings. The number of carbonyl (C=O) groups excluding carboxylic acids is 9. The Hall–Kier alpha value is -7.14. The molecule has 4 rings (SSSR count). The first-order valence-corrected chi connectivity index (χ1v) is 23.8. The van der Waals surface area contributed by atoms with Crippen LogP contribution in [0.3, 0.4) is 0 Å². The highest BCUT2D eigenvalue weighted by Crippen LogP contribution is 2.21. The van der Waals surface area contributed by atoms with Crippen LogP contribution in [0.1, 0.15) is 76.9 Å². The molecule has 14 N–H and O–H groups in total. The van der Waals surface area contributed by atoms with Gasteiger partial charge < -0.3 is 64.0 Å². The van der Waals surface area contributed by atoms with Gasteiger partial charge in [0.15, 0.2) is 0 Å². The highest BCUT2D eigenvalue weighted by molar-refractivity contribution is 7.09. The molecule has 9 amide bonds. The lowest BCUT2D eigenvalue weighted by molar-refractivity contribution is -0.140. The molecule has 0 aliphatic carbocycles. The molecule has 0 fully saturated rings. The number of aromatic amines is 2. The fraction of sp³-hybridized carbons (Fsp3) is 0.489. The summed E-state index contributed by atoms with van der Waals surface area (Å²) in [5.41, 5.74) is 18.2. The molecule has 0 saturated carbocycles. The molecule has 70 heavy (non-hydrogen) atoms. The van der Waals surface area contributed by atoms with E-state index in [4.69, 9.17) is 17.2 Å². The van der Waals surface area contributed by atoms with Gasteiger partial charge in [-0.2, -0.15) is 0 Å². The molecule has 0 aliphatic rings. The Morgan fingerprint density at radius 2 is 1.43 bits per heavy atom. The van der Waals surface area contributed by atoms with Gasteiger partial charge >= 0.3 is 0 Å². The number of carbonyl (C=O) groups is 9. The molecule has 1 aromatic carbocycles. The van der Waals surface area contributed by atoms with Crippen LogP contribution < -0.4 is 49.1 Å². The molecule has 7 atom stereocenters. The fourth-order valence-electron chi connectivity index (χ4n) is 7.46. The Morgan fingerprint density at radius 3 is 2.04 bits per heavy atom. The van der Waals surface area contributed by atoms with E-state index in [1.807, 2.05) is 29.6 Å². The minimum atomic E-state index is -1.20. The van der Waals surface area contributed by atoms with Crippen LogP contribution in [-0.4, -0.2) is 129 Å². The minimum Gasteiger partial charge on any atom is -0.370 e. The number of H-pyrrole nitrogens is 2. The van der Waals surface area contributed by atoms with Gasteiger partial charge in [-0.1, -0.05) is 58.9 Å². The normalized spacial score (nSPS) is 14.5. The van der Waals surface area contributed by atoms with Gasteiger partial charge in [0.1, 0.15) is 36.3 Å². The number of imidazole rings is 1. The summed E-state index contributed by atoms with van der Waals surface area (Å²) in [6, 6.07) is 2.95. The van der Waals surface area contributed by atoms with Crippen molar-refractivity contribution in [1.29, 1.82) is 0 Å². The average molecular weight is 990 g/mol.